The summed E-state index contributed by atoms with van der Waals surface area (Å²) in [5.41, 5.74) is 0. The van der Waals surface area contributed by atoms with Crippen LogP contribution in [0.2, 0.25) is 0 Å². The highest BCUT2D eigenvalue weighted by atomic mass is 16.2. The molecule has 1 saturated carbocycles. The van der Waals surface area contributed by atoms with E-state index in [1.54, 1.807) is 0 Å². The van der Waals surface area contributed by atoms with Gasteiger partial charge in [-0.2, -0.15) is 0 Å². The third-order valence-corrected chi connectivity index (χ3v) is 3.77. The van der Waals surface area contributed by atoms with E-state index in [2.05, 4.69) is 10.6 Å². The van der Waals surface area contributed by atoms with Crippen LogP contribution in [0, 0.1) is 11.8 Å². The first-order valence-corrected chi connectivity index (χ1v) is 5.78. The predicted molar refractivity (Wildman–Crippen MR) is 55.9 cm³/mol. The lowest BCUT2D eigenvalue weighted by Crippen LogP contribution is -2.42. The normalized spacial score (nSPS) is 30.6. The summed E-state index contributed by atoms with van der Waals surface area (Å²) in [6, 6.07) is 0.417. The van der Waals surface area contributed by atoms with Crippen LogP contribution in [0.4, 0.5) is 0 Å². The van der Waals surface area contributed by atoms with Crippen molar-refractivity contribution in [3.63, 3.8) is 0 Å². The van der Waals surface area contributed by atoms with Gasteiger partial charge in [0.2, 0.25) is 5.91 Å². The number of hydrogen-bond acceptors (Lipinski definition) is 2. The molecule has 0 aromatic heterocycles. The minimum atomic E-state index is 0.225. The highest BCUT2D eigenvalue weighted by Gasteiger charge is 2.36. The summed E-state index contributed by atoms with van der Waals surface area (Å²) in [5.74, 6) is 1.22. The quantitative estimate of drug-likeness (QED) is 0.704. The van der Waals surface area contributed by atoms with E-state index < -0.39 is 0 Å². The van der Waals surface area contributed by atoms with Crippen LogP contribution in [-0.2, 0) is 4.79 Å². The van der Waals surface area contributed by atoms with Gasteiger partial charge < -0.3 is 10.6 Å². The number of hydrogen-bond donors (Lipinski definition) is 2. The summed E-state index contributed by atoms with van der Waals surface area (Å²) >= 11 is 0. The fraction of sp³-hybridized carbons (Fsp3) is 0.909. The SMILES string of the molecule is CNC(C1CCCC1)C1CCNC1=O. The smallest absolute Gasteiger partial charge is 0.224 e. The Morgan fingerprint density at radius 2 is 2.07 bits per heavy atom. The first-order valence-electron chi connectivity index (χ1n) is 5.78. The molecular formula is C11H20N2O. The van der Waals surface area contributed by atoms with Crippen molar-refractivity contribution >= 4 is 5.91 Å². The molecule has 2 unspecified atom stereocenters. The van der Waals surface area contributed by atoms with E-state index >= 15 is 0 Å². The molecule has 1 aliphatic carbocycles. The molecule has 0 radical (unpaired) electrons. The van der Waals surface area contributed by atoms with Crippen molar-refractivity contribution in [2.24, 2.45) is 11.8 Å². The molecule has 1 aliphatic heterocycles. The molecule has 1 saturated heterocycles. The van der Waals surface area contributed by atoms with E-state index in [1.807, 2.05) is 7.05 Å². The highest BCUT2D eigenvalue weighted by Crippen LogP contribution is 2.32. The summed E-state index contributed by atoms with van der Waals surface area (Å²) in [4.78, 5) is 11.6. The van der Waals surface area contributed by atoms with Crippen LogP contribution in [0.5, 0.6) is 0 Å². The van der Waals surface area contributed by atoms with Gasteiger partial charge in [-0.3, -0.25) is 4.79 Å². The van der Waals surface area contributed by atoms with Crippen molar-refractivity contribution in [1.29, 1.82) is 0 Å². The third-order valence-electron chi connectivity index (χ3n) is 3.77. The zero-order valence-corrected chi connectivity index (χ0v) is 8.88. The van der Waals surface area contributed by atoms with E-state index in [0.29, 0.717) is 6.04 Å². The average Bonchev–Trinajstić information content (AvgIpc) is 2.80. The lowest BCUT2D eigenvalue weighted by Gasteiger charge is -2.26. The summed E-state index contributed by atoms with van der Waals surface area (Å²) in [6.45, 7) is 0.869. The Morgan fingerprint density at radius 1 is 1.36 bits per heavy atom. The Labute approximate surface area is 85.6 Å². The van der Waals surface area contributed by atoms with Crippen molar-refractivity contribution in [1.82, 2.24) is 10.6 Å². The number of carbonyl (C=O) groups excluding carboxylic acids is 1. The third kappa shape index (κ3) is 1.78. The van der Waals surface area contributed by atoms with Crippen LogP contribution in [0.25, 0.3) is 0 Å². The molecule has 0 aromatic carbocycles. The van der Waals surface area contributed by atoms with Gasteiger partial charge in [0.15, 0.2) is 0 Å². The molecule has 2 N–H and O–H groups in total. The van der Waals surface area contributed by atoms with Gasteiger partial charge >= 0.3 is 0 Å². The molecule has 0 aromatic rings. The zero-order valence-electron chi connectivity index (χ0n) is 8.88. The molecule has 2 aliphatic rings. The molecule has 2 atom stereocenters. The average molecular weight is 196 g/mol. The Balaban J connectivity index is 2.00. The summed E-state index contributed by atoms with van der Waals surface area (Å²) in [6.07, 6.45) is 6.31. The van der Waals surface area contributed by atoms with E-state index in [4.69, 9.17) is 0 Å². The van der Waals surface area contributed by atoms with Crippen LogP contribution in [0.1, 0.15) is 32.1 Å². The lowest BCUT2D eigenvalue weighted by molar-refractivity contribution is -0.123. The van der Waals surface area contributed by atoms with Crippen molar-refractivity contribution in [2.75, 3.05) is 13.6 Å². The summed E-state index contributed by atoms with van der Waals surface area (Å²) in [5, 5.41) is 6.28. The molecule has 1 heterocycles. The molecule has 80 valence electrons. The van der Waals surface area contributed by atoms with Crippen LogP contribution >= 0.6 is 0 Å². The van der Waals surface area contributed by atoms with Gasteiger partial charge in [-0.15, -0.1) is 0 Å². The summed E-state index contributed by atoms with van der Waals surface area (Å²) in [7, 11) is 1.99. The van der Waals surface area contributed by atoms with Crippen LogP contribution in [0.15, 0.2) is 0 Å². The first kappa shape index (κ1) is 9.97. The molecule has 0 bridgehead atoms. The monoisotopic (exact) mass is 196 g/mol. The zero-order chi connectivity index (χ0) is 9.97. The Morgan fingerprint density at radius 3 is 2.57 bits per heavy atom. The van der Waals surface area contributed by atoms with Gasteiger partial charge in [-0.1, -0.05) is 12.8 Å². The van der Waals surface area contributed by atoms with Gasteiger partial charge in [0.25, 0.3) is 0 Å². The largest absolute Gasteiger partial charge is 0.356 e. The minimum absolute atomic E-state index is 0.225. The van der Waals surface area contributed by atoms with Gasteiger partial charge in [0.05, 0.1) is 5.92 Å². The van der Waals surface area contributed by atoms with E-state index in [0.717, 1.165) is 18.9 Å². The van der Waals surface area contributed by atoms with Crippen LogP contribution in [-0.4, -0.2) is 25.5 Å². The Kier molecular flexibility index (Phi) is 3.06. The van der Waals surface area contributed by atoms with Gasteiger partial charge in [0.1, 0.15) is 0 Å². The van der Waals surface area contributed by atoms with Crippen molar-refractivity contribution < 1.29 is 4.79 Å². The molecule has 2 rings (SSSR count). The van der Waals surface area contributed by atoms with Gasteiger partial charge in [0, 0.05) is 12.6 Å². The number of amides is 1. The Bertz CT molecular complexity index is 211. The molecule has 1 amide bonds. The van der Waals surface area contributed by atoms with E-state index in [1.165, 1.54) is 25.7 Å². The fourth-order valence-corrected chi connectivity index (χ4v) is 3.04. The standard InChI is InChI=1S/C11H20N2O/c1-12-10(8-4-2-3-5-8)9-6-7-13-11(9)14/h8-10,12H,2-7H2,1H3,(H,13,14). The van der Waals surface area contributed by atoms with Crippen molar-refractivity contribution in [2.45, 2.75) is 38.1 Å². The maximum Gasteiger partial charge on any atom is 0.224 e. The van der Waals surface area contributed by atoms with Crippen molar-refractivity contribution in [3.05, 3.63) is 0 Å². The maximum absolute atomic E-state index is 11.6. The molecule has 3 heteroatoms. The number of nitrogens with one attached hydrogen (secondary N) is 2. The Hall–Kier alpha value is -0.570. The van der Waals surface area contributed by atoms with E-state index in [-0.39, 0.29) is 11.8 Å². The van der Waals surface area contributed by atoms with Crippen molar-refractivity contribution in [3.8, 4) is 0 Å². The van der Waals surface area contributed by atoms with E-state index in [9.17, 15) is 4.79 Å². The summed E-state index contributed by atoms with van der Waals surface area (Å²) < 4.78 is 0. The molecule has 0 spiro atoms. The second-order valence-electron chi connectivity index (χ2n) is 4.55. The number of rotatable bonds is 3. The highest BCUT2D eigenvalue weighted by molar-refractivity contribution is 5.81. The van der Waals surface area contributed by atoms with Gasteiger partial charge in [-0.25, -0.2) is 0 Å². The second kappa shape index (κ2) is 4.30. The van der Waals surface area contributed by atoms with Crippen LogP contribution < -0.4 is 10.6 Å². The second-order valence-corrected chi connectivity index (χ2v) is 4.55. The predicted octanol–water partition coefficient (Wildman–Crippen LogP) is 0.901. The number of carbonyl (C=O) groups is 1. The molecule has 3 nitrogen and oxygen atoms in total. The molecule has 14 heavy (non-hydrogen) atoms. The van der Waals surface area contributed by atoms with Crippen LogP contribution in [0.3, 0.4) is 0 Å². The maximum atomic E-state index is 11.6. The fourth-order valence-electron chi connectivity index (χ4n) is 3.04. The lowest BCUT2D eigenvalue weighted by atomic mass is 9.86. The minimum Gasteiger partial charge on any atom is -0.356 e. The topological polar surface area (TPSA) is 41.1 Å². The molecule has 2 fully saturated rings. The first-order chi connectivity index (χ1) is 6.83. The van der Waals surface area contributed by atoms with Gasteiger partial charge in [-0.05, 0) is 32.2 Å². The molecular weight excluding hydrogens is 176 g/mol.